The Morgan fingerprint density at radius 3 is 2.19 bits per heavy atom. The van der Waals surface area contributed by atoms with Crippen LogP contribution in [0.1, 0.15) is 80.1 Å². The quantitative estimate of drug-likeness (QED) is 0.807. The second-order valence-electron chi connectivity index (χ2n) is 9.65. The number of carboxylic acids is 1. The molecule has 0 bridgehead atoms. The van der Waals surface area contributed by atoms with Crippen LogP contribution in [0.4, 0.5) is 0 Å². The van der Waals surface area contributed by atoms with Crippen molar-refractivity contribution in [2.75, 3.05) is 6.61 Å². The van der Waals surface area contributed by atoms with Crippen molar-refractivity contribution < 1.29 is 14.6 Å². The van der Waals surface area contributed by atoms with Crippen molar-refractivity contribution in [1.29, 1.82) is 0 Å². The van der Waals surface area contributed by atoms with Crippen LogP contribution >= 0.6 is 0 Å². The number of hydrogen-bond acceptors (Lipinski definition) is 3. The van der Waals surface area contributed by atoms with E-state index in [1.807, 2.05) is 6.07 Å². The molecule has 142 valence electrons. The van der Waals surface area contributed by atoms with E-state index in [4.69, 9.17) is 4.74 Å². The largest absolute Gasteiger partial charge is 0.545 e. The minimum Gasteiger partial charge on any atom is -0.545 e. The van der Waals surface area contributed by atoms with E-state index in [2.05, 4.69) is 52.8 Å². The predicted octanol–water partition coefficient (Wildman–Crippen LogP) is 4.10. The highest BCUT2D eigenvalue weighted by molar-refractivity contribution is 5.86. The van der Waals surface area contributed by atoms with E-state index >= 15 is 0 Å². The maximum absolute atomic E-state index is 11.2. The number of rotatable bonds is 2. The van der Waals surface area contributed by atoms with Gasteiger partial charge in [-0.25, -0.2) is 0 Å². The van der Waals surface area contributed by atoms with E-state index in [1.54, 1.807) is 12.1 Å². The molecule has 2 aromatic rings. The van der Waals surface area contributed by atoms with E-state index in [-0.39, 0.29) is 21.8 Å². The van der Waals surface area contributed by atoms with Crippen LogP contribution in [0.25, 0.3) is 0 Å². The Morgan fingerprint density at radius 1 is 0.889 bits per heavy atom. The third-order valence-corrected chi connectivity index (χ3v) is 6.82. The Labute approximate surface area is 161 Å². The number of carboxylic acid groups (broad SMARTS) is 1. The molecule has 2 aromatic carbocycles. The van der Waals surface area contributed by atoms with Gasteiger partial charge in [0.1, 0.15) is 12.4 Å². The molecule has 0 aromatic heterocycles. The molecular weight excluding hydrogens is 336 g/mol. The van der Waals surface area contributed by atoms with Gasteiger partial charge >= 0.3 is 0 Å². The van der Waals surface area contributed by atoms with Crippen molar-refractivity contribution in [1.82, 2.24) is 0 Å². The third-order valence-electron chi connectivity index (χ3n) is 6.82. The molecule has 3 nitrogen and oxygen atoms in total. The summed E-state index contributed by atoms with van der Waals surface area (Å²) in [6, 6.07) is 12.0. The first-order valence-corrected chi connectivity index (χ1v) is 9.69. The van der Waals surface area contributed by atoms with E-state index in [0.29, 0.717) is 12.4 Å². The van der Waals surface area contributed by atoms with Gasteiger partial charge in [0.05, 0.1) is 11.4 Å². The van der Waals surface area contributed by atoms with Crippen LogP contribution < -0.4 is 9.84 Å². The molecule has 1 heterocycles. The highest BCUT2D eigenvalue weighted by Crippen LogP contribution is 2.49. The van der Waals surface area contributed by atoms with Crippen LogP contribution in [-0.4, -0.2) is 12.6 Å². The monoisotopic (exact) mass is 363 g/mol. The zero-order valence-electron chi connectivity index (χ0n) is 16.8. The maximum Gasteiger partial charge on any atom is 0.124 e. The van der Waals surface area contributed by atoms with E-state index in [0.717, 1.165) is 5.56 Å². The van der Waals surface area contributed by atoms with Crippen LogP contribution in [0, 0.1) is 0 Å². The van der Waals surface area contributed by atoms with Crippen molar-refractivity contribution >= 4 is 5.97 Å². The molecule has 0 radical (unpaired) electrons. The summed E-state index contributed by atoms with van der Waals surface area (Å²) in [7, 11) is 0. The lowest BCUT2D eigenvalue weighted by Gasteiger charge is -2.42. The van der Waals surface area contributed by atoms with Crippen molar-refractivity contribution in [3.8, 4) is 5.75 Å². The van der Waals surface area contributed by atoms with Gasteiger partial charge in [0.2, 0.25) is 0 Å². The number of ether oxygens (including phenoxy) is 1. The van der Waals surface area contributed by atoms with Gasteiger partial charge in [0.15, 0.2) is 0 Å². The molecule has 1 unspecified atom stereocenters. The first-order chi connectivity index (χ1) is 12.5. The number of benzene rings is 2. The average Bonchev–Trinajstić information content (AvgIpc) is 2.96. The minimum atomic E-state index is -1.17. The summed E-state index contributed by atoms with van der Waals surface area (Å²) in [6.07, 6.45) is 2.37. The highest BCUT2D eigenvalue weighted by Gasteiger charge is 2.41. The Morgan fingerprint density at radius 2 is 1.52 bits per heavy atom. The Bertz CT molecular complexity index is 939. The Kier molecular flexibility index (Phi) is 3.76. The van der Waals surface area contributed by atoms with Gasteiger partial charge in [0.25, 0.3) is 0 Å². The summed E-state index contributed by atoms with van der Waals surface area (Å²) < 4.78 is 5.91. The molecule has 1 atom stereocenters. The predicted molar refractivity (Wildman–Crippen MR) is 104 cm³/mol. The maximum atomic E-state index is 11.2. The Balaban J connectivity index is 1.83. The molecule has 0 saturated heterocycles. The molecule has 0 fully saturated rings. The lowest BCUT2D eigenvalue weighted by molar-refractivity contribution is -0.255. The molecule has 0 spiro atoms. The number of aromatic carboxylic acids is 1. The first-order valence-electron chi connectivity index (χ1n) is 9.69. The van der Waals surface area contributed by atoms with E-state index < -0.39 is 5.97 Å². The molecule has 27 heavy (non-hydrogen) atoms. The summed E-state index contributed by atoms with van der Waals surface area (Å²) in [5, 5.41) is 11.2. The lowest BCUT2D eigenvalue weighted by Crippen LogP contribution is -2.35. The molecule has 1 aliphatic carbocycles. The van der Waals surface area contributed by atoms with Crippen LogP contribution in [0.3, 0.4) is 0 Å². The standard InChI is InChI=1S/C24H28O3/c1-22(2)10-11-23(3,4)19-13-16(7-9-17(19)22)24(5)14-27-20-12-15(21(25)26)6-8-18(20)24/h6-9,12-13H,10-11,14H2,1-5H3,(H,25,26)/p-1. The number of carbonyl (C=O) groups excluding carboxylic acids is 1. The number of carbonyl (C=O) groups is 1. The first kappa shape index (κ1) is 18.1. The van der Waals surface area contributed by atoms with Gasteiger partial charge in [0, 0.05) is 11.1 Å². The zero-order valence-corrected chi connectivity index (χ0v) is 16.8. The van der Waals surface area contributed by atoms with Crippen molar-refractivity contribution in [3.05, 3.63) is 64.2 Å². The Hall–Kier alpha value is -2.29. The topological polar surface area (TPSA) is 49.4 Å². The lowest BCUT2D eigenvalue weighted by atomic mass is 9.62. The molecule has 0 saturated carbocycles. The molecule has 4 rings (SSSR count). The normalized spacial score (nSPS) is 24.6. The second-order valence-corrected chi connectivity index (χ2v) is 9.65. The van der Waals surface area contributed by atoms with Crippen LogP contribution in [0.5, 0.6) is 5.75 Å². The fraction of sp³-hybridized carbons (Fsp3) is 0.458. The van der Waals surface area contributed by atoms with Crippen molar-refractivity contribution in [2.24, 2.45) is 0 Å². The fourth-order valence-corrected chi connectivity index (χ4v) is 4.70. The average molecular weight is 363 g/mol. The summed E-state index contributed by atoms with van der Waals surface area (Å²) in [6.45, 7) is 12.0. The fourth-order valence-electron chi connectivity index (χ4n) is 4.70. The van der Waals surface area contributed by atoms with E-state index in [1.165, 1.54) is 29.5 Å². The summed E-state index contributed by atoms with van der Waals surface area (Å²) in [4.78, 5) is 11.2. The van der Waals surface area contributed by atoms with Gasteiger partial charge in [-0.2, -0.15) is 0 Å². The van der Waals surface area contributed by atoms with Gasteiger partial charge in [-0.15, -0.1) is 0 Å². The van der Waals surface area contributed by atoms with Gasteiger partial charge in [-0.1, -0.05) is 58.0 Å². The molecular formula is C24H27O3-. The van der Waals surface area contributed by atoms with Gasteiger partial charge in [-0.05, 0) is 53.4 Å². The zero-order chi connectivity index (χ0) is 19.6. The molecule has 2 aliphatic rings. The SMILES string of the molecule is CC1(C)CCC(C)(C)c2cc(C3(C)COc4cc(C(=O)[O-])ccc43)ccc21. The smallest absolute Gasteiger partial charge is 0.124 e. The van der Waals surface area contributed by atoms with Crippen molar-refractivity contribution in [3.63, 3.8) is 0 Å². The molecule has 0 amide bonds. The van der Waals surface area contributed by atoms with Gasteiger partial charge in [-0.3, -0.25) is 0 Å². The van der Waals surface area contributed by atoms with Gasteiger partial charge < -0.3 is 14.6 Å². The molecule has 0 N–H and O–H groups in total. The number of hydrogen-bond donors (Lipinski definition) is 0. The summed E-state index contributed by atoms with van der Waals surface area (Å²) >= 11 is 0. The summed E-state index contributed by atoms with van der Waals surface area (Å²) in [5.41, 5.74) is 5.36. The summed E-state index contributed by atoms with van der Waals surface area (Å²) in [5.74, 6) is -0.524. The third kappa shape index (κ3) is 2.67. The molecule has 3 heteroatoms. The van der Waals surface area contributed by atoms with E-state index in [9.17, 15) is 9.90 Å². The van der Waals surface area contributed by atoms with Crippen LogP contribution in [0.15, 0.2) is 36.4 Å². The van der Waals surface area contributed by atoms with Crippen LogP contribution in [-0.2, 0) is 16.2 Å². The highest BCUT2D eigenvalue weighted by atomic mass is 16.5. The minimum absolute atomic E-state index is 0.151. The molecule has 1 aliphatic heterocycles. The number of fused-ring (bicyclic) bond motifs is 2. The van der Waals surface area contributed by atoms with Crippen molar-refractivity contribution in [2.45, 2.75) is 63.7 Å². The second kappa shape index (κ2) is 5.60. The van der Waals surface area contributed by atoms with Crippen LogP contribution in [0.2, 0.25) is 0 Å².